The van der Waals surface area contributed by atoms with E-state index in [2.05, 4.69) is 16.0 Å². The Morgan fingerprint density at radius 3 is 2.36 bits per heavy atom. The molecular formula is C15H22ClN3O3. The predicted octanol–water partition coefficient (Wildman–Crippen LogP) is 1.77. The molecule has 0 radical (unpaired) electrons. The van der Waals surface area contributed by atoms with Gasteiger partial charge < -0.3 is 20.7 Å². The second-order valence-electron chi connectivity index (χ2n) is 4.98. The van der Waals surface area contributed by atoms with Crippen molar-refractivity contribution in [2.45, 2.75) is 32.4 Å². The topological polar surface area (TPSA) is 79.5 Å². The van der Waals surface area contributed by atoms with Crippen LogP contribution in [0.15, 0.2) is 24.3 Å². The van der Waals surface area contributed by atoms with Crippen molar-refractivity contribution in [1.82, 2.24) is 5.32 Å². The van der Waals surface area contributed by atoms with Gasteiger partial charge >= 0.3 is 0 Å². The van der Waals surface area contributed by atoms with Gasteiger partial charge in [-0.05, 0) is 31.2 Å². The molecule has 2 amide bonds. The van der Waals surface area contributed by atoms with E-state index in [1.807, 2.05) is 6.92 Å². The van der Waals surface area contributed by atoms with E-state index in [1.54, 1.807) is 31.2 Å². The lowest BCUT2D eigenvalue weighted by molar-refractivity contribution is -0.123. The SMILES string of the molecule is CCC(=O)Nc1ccc(NC(=O)[C@H]2NCCO[C@@H]2C)cc1.Cl. The van der Waals surface area contributed by atoms with Crippen LogP contribution in [0, 0.1) is 0 Å². The van der Waals surface area contributed by atoms with E-state index < -0.39 is 0 Å². The van der Waals surface area contributed by atoms with Crippen LogP contribution < -0.4 is 16.0 Å². The molecule has 1 aliphatic rings. The van der Waals surface area contributed by atoms with Crippen LogP contribution in [0.4, 0.5) is 11.4 Å². The van der Waals surface area contributed by atoms with Crippen LogP contribution in [-0.2, 0) is 14.3 Å². The van der Waals surface area contributed by atoms with Gasteiger partial charge in [0.2, 0.25) is 11.8 Å². The summed E-state index contributed by atoms with van der Waals surface area (Å²) in [5, 5.41) is 8.74. The highest BCUT2D eigenvalue weighted by molar-refractivity contribution is 5.96. The normalized spacial score (nSPS) is 20.6. The number of carbonyl (C=O) groups excluding carboxylic acids is 2. The molecule has 1 heterocycles. The van der Waals surface area contributed by atoms with Crippen LogP contribution in [0.2, 0.25) is 0 Å². The van der Waals surface area contributed by atoms with E-state index in [-0.39, 0.29) is 36.4 Å². The number of carbonyl (C=O) groups is 2. The van der Waals surface area contributed by atoms with Crippen molar-refractivity contribution < 1.29 is 14.3 Å². The quantitative estimate of drug-likeness (QED) is 0.787. The van der Waals surface area contributed by atoms with Crippen molar-refractivity contribution in [2.75, 3.05) is 23.8 Å². The largest absolute Gasteiger partial charge is 0.375 e. The molecule has 1 aromatic carbocycles. The molecule has 0 bridgehead atoms. The molecule has 0 unspecified atom stereocenters. The summed E-state index contributed by atoms with van der Waals surface area (Å²) in [6.07, 6.45) is 0.283. The van der Waals surface area contributed by atoms with Crippen LogP contribution in [0.1, 0.15) is 20.3 Å². The van der Waals surface area contributed by atoms with Crippen LogP contribution in [0.25, 0.3) is 0 Å². The molecule has 1 aliphatic heterocycles. The fourth-order valence-corrected chi connectivity index (χ4v) is 2.13. The van der Waals surface area contributed by atoms with Gasteiger partial charge in [0.15, 0.2) is 0 Å². The minimum Gasteiger partial charge on any atom is -0.375 e. The van der Waals surface area contributed by atoms with E-state index in [9.17, 15) is 9.59 Å². The molecule has 22 heavy (non-hydrogen) atoms. The second kappa shape index (κ2) is 8.73. The number of hydrogen-bond donors (Lipinski definition) is 3. The summed E-state index contributed by atoms with van der Waals surface area (Å²) in [5.74, 6) is -0.156. The Bertz CT molecular complexity index is 507. The van der Waals surface area contributed by atoms with Gasteiger partial charge in [0.1, 0.15) is 6.04 Å². The molecule has 3 N–H and O–H groups in total. The van der Waals surface area contributed by atoms with Crippen LogP contribution >= 0.6 is 12.4 Å². The van der Waals surface area contributed by atoms with Gasteiger partial charge in [-0.3, -0.25) is 9.59 Å². The Morgan fingerprint density at radius 1 is 1.23 bits per heavy atom. The van der Waals surface area contributed by atoms with E-state index in [1.165, 1.54) is 0 Å². The summed E-state index contributed by atoms with van der Waals surface area (Å²) in [6.45, 7) is 4.96. The van der Waals surface area contributed by atoms with Gasteiger partial charge in [0, 0.05) is 24.3 Å². The molecule has 1 saturated heterocycles. The number of ether oxygens (including phenoxy) is 1. The van der Waals surface area contributed by atoms with Crippen molar-refractivity contribution in [3.63, 3.8) is 0 Å². The van der Waals surface area contributed by atoms with Gasteiger partial charge in [-0.1, -0.05) is 6.92 Å². The molecule has 0 spiro atoms. The minimum absolute atomic E-state index is 0. The number of anilines is 2. The molecule has 1 aromatic rings. The lowest BCUT2D eigenvalue weighted by Gasteiger charge is -2.29. The third kappa shape index (κ3) is 4.98. The number of amides is 2. The summed E-state index contributed by atoms with van der Waals surface area (Å²) in [5.41, 5.74) is 1.40. The highest BCUT2D eigenvalue weighted by Gasteiger charge is 2.28. The first-order valence-corrected chi connectivity index (χ1v) is 7.16. The molecule has 0 aliphatic carbocycles. The van der Waals surface area contributed by atoms with Crippen molar-refractivity contribution in [3.05, 3.63) is 24.3 Å². The average Bonchev–Trinajstić information content (AvgIpc) is 2.49. The Morgan fingerprint density at radius 2 is 1.82 bits per heavy atom. The zero-order valence-corrected chi connectivity index (χ0v) is 13.5. The maximum Gasteiger partial charge on any atom is 0.244 e. The first kappa shape index (κ1) is 18.4. The predicted molar refractivity (Wildman–Crippen MR) is 88.4 cm³/mol. The van der Waals surface area contributed by atoms with E-state index in [0.717, 1.165) is 0 Å². The Balaban J connectivity index is 0.00000242. The van der Waals surface area contributed by atoms with Crippen molar-refractivity contribution in [2.24, 2.45) is 0 Å². The second-order valence-corrected chi connectivity index (χ2v) is 4.98. The molecule has 122 valence electrons. The number of hydrogen-bond acceptors (Lipinski definition) is 4. The minimum atomic E-state index is -0.349. The Hall–Kier alpha value is -1.63. The smallest absolute Gasteiger partial charge is 0.244 e. The van der Waals surface area contributed by atoms with Gasteiger partial charge in [0.25, 0.3) is 0 Å². The zero-order chi connectivity index (χ0) is 15.2. The number of nitrogens with one attached hydrogen (secondary N) is 3. The lowest BCUT2D eigenvalue weighted by atomic mass is 10.1. The maximum absolute atomic E-state index is 12.2. The summed E-state index contributed by atoms with van der Waals surface area (Å²) in [4.78, 5) is 23.4. The highest BCUT2D eigenvalue weighted by Crippen LogP contribution is 2.15. The summed E-state index contributed by atoms with van der Waals surface area (Å²) in [6, 6.07) is 6.70. The third-order valence-corrected chi connectivity index (χ3v) is 3.36. The summed E-state index contributed by atoms with van der Waals surface area (Å²) < 4.78 is 5.45. The number of morpholine rings is 1. The molecule has 6 nitrogen and oxygen atoms in total. The van der Waals surface area contributed by atoms with E-state index in [4.69, 9.17) is 4.74 Å². The van der Waals surface area contributed by atoms with E-state index >= 15 is 0 Å². The fourth-order valence-electron chi connectivity index (χ4n) is 2.13. The van der Waals surface area contributed by atoms with Gasteiger partial charge in [0.05, 0.1) is 12.7 Å². The van der Waals surface area contributed by atoms with Crippen molar-refractivity contribution >= 4 is 35.6 Å². The lowest BCUT2D eigenvalue weighted by Crippen LogP contribution is -2.53. The summed E-state index contributed by atoms with van der Waals surface area (Å²) >= 11 is 0. The fraction of sp³-hybridized carbons (Fsp3) is 0.467. The molecule has 0 aromatic heterocycles. The Kier molecular flexibility index (Phi) is 7.31. The molecule has 2 rings (SSSR count). The van der Waals surface area contributed by atoms with Gasteiger partial charge in [-0.25, -0.2) is 0 Å². The first-order valence-electron chi connectivity index (χ1n) is 7.16. The number of halogens is 1. The Labute approximate surface area is 136 Å². The van der Waals surface area contributed by atoms with Gasteiger partial charge in [-0.2, -0.15) is 0 Å². The first-order chi connectivity index (χ1) is 10.1. The number of rotatable bonds is 4. The van der Waals surface area contributed by atoms with E-state index in [0.29, 0.717) is 30.9 Å². The van der Waals surface area contributed by atoms with Crippen LogP contribution in [0.5, 0.6) is 0 Å². The molecular weight excluding hydrogens is 306 g/mol. The van der Waals surface area contributed by atoms with Crippen molar-refractivity contribution in [3.8, 4) is 0 Å². The maximum atomic E-state index is 12.2. The highest BCUT2D eigenvalue weighted by atomic mass is 35.5. The monoisotopic (exact) mass is 327 g/mol. The van der Waals surface area contributed by atoms with Gasteiger partial charge in [-0.15, -0.1) is 12.4 Å². The molecule has 1 fully saturated rings. The molecule has 2 atom stereocenters. The average molecular weight is 328 g/mol. The summed E-state index contributed by atoms with van der Waals surface area (Å²) in [7, 11) is 0. The zero-order valence-electron chi connectivity index (χ0n) is 12.7. The van der Waals surface area contributed by atoms with Crippen LogP contribution in [-0.4, -0.2) is 37.1 Å². The third-order valence-electron chi connectivity index (χ3n) is 3.36. The standard InChI is InChI=1S/C15H21N3O3.ClH/c1-3-13(19)17-11-4-6-12(7-5-11)18-15(20)14-10(2)21-9-8-16-14;/h4-7,10,14,16H,3,8-9H2,1-2H3,(H,17,19)(H,18,20);1H/t10-,14+;/m1./s1. The molecule has 7 heteroatoms. The van der Waals surface area contributed by atoms with Crippen molar-refractivity contribution in [1.29, 1.82) is 0 Å². The van der Waals surface area contributed by atoms with Crippen LogP contribution in [0.3, 0.4) is 0 Å². The molecule has 0 saturated carbocycles. The number of benzene rings is 1.